The Morgan fingerprint density at radius 1 is 0.946 bits per heavy atom. The number of benzene rings is 3. The highest BCUT2D eigenvalue weighted by Gasteiger charge is 2.54. The lowest BCUT2D eigenvalue weighted by Gasteiger charge is -2.30. The van der Waals surface area contributed by atoms with Gasteiger partial charge in [0.15, 0.2) is 0 Å². The fraction of sp³-hybridized carbons (Fsp3) is 0.226. The van der Waals surface area contributed by atoms with Crippen molar-refractivity contribution in [2.24, 2.45) is 0 Å². The number of fused-ring (bicyclic) bond motifs is 1. The van der Waals surface area contributed by atoms with Gasteiger partial charge < -0.3 is 4.90 Å². The largest absolute Gasteiger partial charge is 0.341 e. The highest BCUT2D eigenvalue weighted by Crippen LogP contribution is 2.42. The van der Waals surface area contributed by atoms with E-state index >= 15 is 0 Å². The predicted octanol–water partition coefficient (Wildman–Crippen LogP) is 4.79. The molecule has 6 nitrogen and oxygen atoms in total. The van der Waals surface area contributed by atoms with Gasteiger partial charge in [-0.3, -0.25) is 24.3 Å². The lowest BCUT2D eigenvalue weighted by Crippen LogP contribution is -2.42. The number of hydrogen-bond donors (Lipinski definition) is 0. The molecule has 0 radical (unpaired) electrons. The van der Waals surface area contributed by atoms with E-state index in [9.17, 15) is 14.4 Å². The maximum atomic E-state index is 14.0. The summed E-state index contributed by atoms with van der Waals surface area (Å²) in [5, 5.41) is 2.20. The molecule has 3 amide bonds. The van der Waals surface area contributed by atoms with Crippen molar-refractivity contribution in [2.75, 3.05) is 7.05 Å². The fourth-order valence-corrected chi connectivity index (χ4v) is 5.35. The third-order valence-corrected chi connectivity index (χ3v) is 7.33. The molecule has 1 aromatic heterocycles. The minimum atomic E-state index is -1.24. The number of rotatable bonds is 7. The minimum Gasteiger partial charge on any atom is -0.341 e. The lowest BCUT2D eigenvalue weighted by atomic mass is 9.74. The highest BCUT2D eigenvalue weighted by atomic mass is 16.2. The molecule has 1 saturated heterocycles. The van der Waals surface area contributed by atoms with E-state index in [4.69, 9.17) is 0 Å². The van der Waals surface area contributed by atoms with Crippen LogP contribution in [0.4, 0.5) is 0 Å². The number of hydrogen-bond acceptors (Lipinski definition) is 4. The number of aryl methyl sites for hydroxylation is 1. The summed E-state index contributed by atoms with van der Waals surface area (Å²) in [4.78, 5) is 47.9. The minimum absolute atomic E-state index is 0.0321. The van der Waals surface area contributed by atoms with E-state index in [2.05, 4.69) is 4.98 Å². The van der Waals surface area contributed by atoms with Crippen molar-refractivity contribution in [1.82, 2.24) is 14.8 Å². The van der Waals surface area contributed by atoms with Gasteiger partial charge in [0.25, 0.3) is 0 Å². The summed E-state index contributed by atoms with van der Waals surface area (Å²) >= 11 is 0. The van der Waals surface area contributed by atoms with Crippen LogP contribution in [0.2, 0.25) is 0 Å². The Morgan fingerprint density at radius 3 is 2.43 bits per heavy atom. The number of aromatic nitrogens is 1. The SMILES string of the molecule is Cc1ccccc1C1(CC(=O)N(C)Cc2cccc3ccccc23)CC(=O)N(Cc2ccncc2)C1=O. The summed E-state index contributed by atoms with van der Waals surface area (Å²) in [5.41, 5.74) is 2.24. The monoisotopic (exact) mass is 491 g/mol. The first-order chi connectivity index (χ1) is 17.9. The van der Waals surface area contributed by atoms with Gasteiger partial charge in [-0.15, -0.1) is 0 Å². The molecule has 0 spiro atoms. The molecular weight excluding hydrogens is 462 g/mol. The highest BCUT2D eigenvalue weighted by molar-refractivity contribution is 6.10. The van der Waals surface area contributed by atoms with Crippen molar-refractivity contribution >= 4 is 28.5 Å². The number of pyridine rings is 1. The van der Waals surface area contributed by atoms with Gasteiger partial charge in [-0.2, -0.15) is 0 Å². The Bertz CT molecular complexity index is 1480. The van der Waals surface area contributed by atoms with Crippen molar-refractivity contribution < 1.29 is 14.4 Å². The van der Waals surface area contributed by atoms with Gasteiger partial charge in [0, 0.05) is 38.8 Å². The van der Waals surface area contributed by atoms with Crippen LogP contribution in [-0.2, 0) is 32.9 Å². The molecule has 37 heavy (non-hydrogen) atoms. The van der Waals surface area contributed by atoms with Crippen LogP contribution < -0.4 is 0 Å². The normalized spacial score (nSPS) is 17.4. The van der Waals surface area contributed by atoms with Gasteiger partial charge >= 0.3 is 0 Å². The van der Waals surface area contributed by atoms with Gasteiger partial charge in [0.2, 0.25) is 17.7 Å². The maximum Gasteiger partial charge on any atom is 0.241 e. The Balaban J connectivity index is 1.46. The molecule has 6 heteroatoms. The summed E-state index contributed by atoms with van der Waals surface area (Å²) in [7, 11) is 1.76. The maximum absolute atomic E-state index is 14.0. The first kappa shape index (κ1) is 24.4. The molecule has 0 bridgehead atoms. The van der Waals surface area contributed by atoms with Gasteiger partial charge in [0.05, 0.1) is 12.0 Å². The third kappa shape index (κ3) is 4.62. The molecule has 1 aliphatic rings. The van der Waals surface area contributed by atoms with Crippen LogP contribution in [-0.4, -0.2) is 39.6 Å². The standard InChI is InChI=1S/C31H29N3O3/c1-22-8-3-6-13-27(22)31(19-29(36)34(30(31)37)20-23-14-16-32-17-15-23)18-28(35)33(2)21-25-11-7-10-24-9-4-5-12-26(24)25/h3-17H,18-21H2,1-2H3. The Morgan fingerprint density at radius 2 is 1.65 bits per heavy atom. The average Bonchev–Trinajstić information content (AvgIpc) is 3.14. The van der Waals surface area contributed by atoms with Crippen molar-refractivity contribution in [3.05, 3.63) is 114 Å². The molecule has 0 N–H and O–H groups in total. The molecular formula is C31H29N3O3. The molecule has 3 aromatic carbocycles. The van der Waals surface area contributed by atoms with E-state index in [1.54, 1.807) is 36.5 Å². The summed E-state index contributed by atoms with van der Waals surface area (Å²) < 4.78 is 0. The van der Waals surface area contributed by atoms with Gasteiger partial charge in [0.1, 0.15) is 0 Å². The molecule has 1 unspecified atom stereocenters. The van der Waals surface area contributed by atoms with Gasteiger partial charge in [-0.1, -0.05) is 66.7 Å². The zero-order valence-corrected chi connectivity index (χ0v) is 21.1. The molecule has 5 rings (SSSR count). The van der Waals surface area contributed by atoms with Crippen molar-refractivity contribution in [3.63, 3.8) is 0 Å². The van der Waals surface area contributed by atoms with Crippen LogP contribution >= 0.6 is 0 Å². The van der Waals surface area contributed by atoms with Gasteiger partial charge in [-0.25, -0.2) is 0 Å². The molecule has 0 saturated carbocycles. The Labute approximate surface area is 216 Å². The second-order valence-corrected chi connectivity index (χ2v) is 9.78. The number of amides is 3. The topological polar surface area (TPSA) is 70.6 Å². The predicted molar refractivity (Wildman–Crippen MR) is 142 cm³/mol. The van der Waals surface area contributed by atoms with E-state index in [1.165, 1.54) is 4.90 Å². The fourth-order valence-electron chi connectivity index (χ4n) is 5.35. The average molecular weight is 492 g/mol. The van der Waals surface area contributed by atoms with Crippen molar-refractivity contribution in [3.8, 4) is 0 Å². The van der Waals surface area contributed by atoms with E-state index in [1.807, 2.05) is 73.7 Å². The van der Waals surface area contributed by atoms with Crippen LogP contribution in [0.15, 0.2) is 91.3 Å². The van der Waals surface area contributed by atoms with E-state index in [0.717, 1.165) is 33.0 Å². The molecule has 4 aromatic rings. The molecule has 186 valence electrons. The van der Waals surface area contributed by atoms with Crippen LogP contribution in [0.5, 0.6) is 0 Å². The number of likely N-dealkylation sites (tertiary alicyclic amines) is 1. The number of imide groups is 1. The number of nitrogens with zero attached hydrogens (tertiary/aromatic N) is 3. The summed E-state index contributed by atoms with van der Waals surface area (Å²) in [6.07, 6.45) is 3.17. The summed E-state index contributed by atoms with van der Waals surface area (Å²) in [5.74, 6) is -0.770. The van der Waals surface area contributed by atoms with Crippen molar-refractivity contribution in [2.45, 2.75) is 38.3 Å². The lowest BCUT2D eigenvalue weighted by molar-refractivity contribution is -0.143. The van der Waals surface area contributed by atoms with Crippen LogP contribution in [0, 0.1) is 6.92 Å². The van der Waals surface area contributed by atoms with Crippen molar-refractivity contribution in [1.29, 1.82) is 0 Å². The zero-order chi connectivity index (χ0) is 26.0. The number of carbonyl (C=O) groups excluding carboxylic acids is 3. The Kier molecular flexibility index (Phi) is 6.57. The van der Waals surface area contributed by atoms with Crippen LogP contribution in [0.1, 0.15) is 35.1 Å². The first-order valence-corrected chi connectivity index (χ1v) is 12.4. The Hall–Kier alpha value is -4.32. The summed E-state index contributed by atoms with van der Waals surface area (Å²) in [6, 6.07) is 25.3. The molecule has 0 aliphatic carbocycles. The second-order valence-electron chi connectivity index (χ2n) is 9.78. The molecule has 1 atom stereocenters. The zero-order valence-electron chi connectivity index (χ0n) is 21.1. The third-order valence-electron chi connectivity index (χ3n) is 7.33. The molecule has 1 aliphatic heterocycles. The van der Waals surface area contributed by atoms with E-state index in [0.29, 0.717) is 6.54 Å². The van der Waals surface area contributed by atoms with Crippen LogP contribution in [0.25, 0.3) is 10.8 Å². The van der Waals surface area contributed by atoms with Gasteiger partial charge in [-0.05, 0) is 52.1 Å². The molecule has 1 fully saturated rings. The first-order valence-electron chi connectivity index (χ1n) is 12.4. The van der Waals surface area contributed by atoms with Crippen LogP contribution in [0.3, 0.4) is 0 Å². The van der Waals surface area contributed by atoms with E-state index in [-0.39, 0.29) is 37.1 Å². The quantitative estimate of drug-likeness (QED) is 0.349. The smallest absolute Gasteiger partial charge is 0.241 e. The molecule has 2 heterocycles. The summed E-state index contributed by atoms with van der Waals surface area (Å²) in [6.45, 7) is 2.49. The number of carbonyl (C=O) groups is 3. The second kappa shape index (κ2) is 9.97. The van der Waals surface area contributed by atoms with E-state index < -0.39 is 5.41 Å².